The van der Waals surface area contributed by atoms with Crippen molar-refractivity contribution in [2.45, 2.75) is 57.5 Å². The van der Waals surface area contributed by atoms with Gasteiger partial charge in [-0.2, -0.15) is 0 Å². The van der Waals surface area contributed by atoms with E-state index in [4.69, 9.17) is 0 Å². The highest BCUT2D eigenvalue weighted by atomic mass is 32.2. The first kappa shape index (κ1) is 22.9. The molecule has 0 aliphatic carbocycles. The van der Waals surface area contributed by atoms with Gasteiger partial charge in [0, 0.05) is 12.2 Å². The van der Waals surface area contributed by atoms with Crippen LogP contribution >= 0.6 is 23.1 Å². The molecular weight excluding hydrogens is 434 g/mol. The number of thioether (sulfide) groups is 1. The number of hydrogen-bond donors (Lipinski definition) is 2. The Morgan fingerprint density at radius 3 is 2.65 bits per heavy atom. The first-order chi connectivity index (χ1) is 14.9. The molecule has 0 saturated heterocycles. The fourth-order valence-electron chi connectivity index (χ4n) is 2.79. The number of rotatable bonds is 9. The maximum absolute atomic E-state index is 12.5. The van der Waals surface area contributed by atoms with E-state index in [1.807, 2.05) is 49.6 Å². The predicted octanol–water partition coefficient (Wildman–Crippen LogP) is 3.32. The van der Waals surface area contributed by atoms with Crippen molar-refractivity contribution in [3.8, 4) is 0 Å². The fraction of sp³-hybridized carbons (Fsp3) is 0.400. The number of nitrogens with zero attached hydrogens (tertiary/aromatic N) is 5. The van der Waals surface area contributed by atoms with Crippen molar-refractivity contribution in [2.75, 3.05) is 10.6 Å². The zero-order chi connectivity index (χ0) is 22.4. The molecule has 0 aliphatic heterocycles. The van der Waals surface area contributed by atoms with E-state index in [2.05, 4.69) is 31.0 Å². The van der Waals surface area contributed by atoms with E-state index in [0.717, 1.165) is 22.7 Å². The first-order valence-corrected chi connectivity index (χ1v) is 11.7. The number of hydrogen-bond acceptors (Lipinski definition) is 8. The molecule has 2 N–H and O–H groups in total. The van der Waals surface area contributed by atoms with Crippen LogP contribution in [0.15, 0.2) is 29.4 Å². The number of benzene rings is 1. The molecule has 1 atom stereocenters. The topological polar surface area (TPSA) is 115 Å². The molecule has 1 unspecified atom stereocenters. The third kappa shape index (κ3) is 6.11. The second-order valence-electron chi connectivity index (χ2n) is 6.84. The van der Waals surface area contributed by atoms with Crippen LogP contribution in [0.4, 0.5) is 10.8 Å². The molecule has 0 fully saturated rings. The lowest BCUT2D eigenvalue weighted by atomic mass is 10.2. The Morgan fingerprint density at radius 1 is 1.16 bits per heavy atom. The highest BCUT2D eigenvalue weighted by molar-refractivity contribution is 8.00. The molecule has 31 heavy (non-hydrogen) atoms. The molecule has 0 saturated carbocycles. The van der Waals surface area contributed by atoms with Crippen molar-refractivity contribution < 1.29 is 9.59 Å². The minimum atomic E-state index is -0.419. The lowest BCUT2D eigenvalue weighted by Crippen LogP contribution is -2.23. The summed E-state index contributed by atoms with van der Waals surface area (Å²) in [5.74, 6) is 0.200. The predicted molar refractivity (Wildman–Crippen MR) is 122 cm³/mol. The molecule has 9 nitrogen and oxygen atoms in total. The van der Waals surface area contributed by atoms with Crippen LogP contribution in [0.2, 0.25) is 0 Å². The molecule has 164 valence electrons. The molecule has 0 spiro atoms. The molecule has 1 aromatic carbocycles. The van der Waals surface area contributed by atoms with Crippen LogP contribution in [0.25, 0.3) is 0 Å². The van der Waals surface area contributed by atoms with Gasteiger partial charge in [-0.1, -0.05) is 42.2 Å². The quantitative estimate of drug-likeness (QED) is 0.472. The molecule has 3 aromatic rings. The summed E-state index contributed by atoms with van der Waals surface area (Å²) in [4.78, 5) is 25.0. The number of aryl methyl sites for hydroxylation is 2. The smallest absolute Gasteiger partial charge is 0.239 e. The van der Waals surface area contributed by atoms with E-state index in [9.17, 15) is 9.59 Å². The second kappa shape index (κ2) is 10.5. The van der Waals surface area contributed by atoms with Crippen LogP contribution in [0.3, 0.4) is 0 Å². The monoisotopic (exact) mass is 459 g/mol. The van der Waals surface area contributed by atoms with Gasteiger partial charge in [0.2, 0.25) is 16.9 Å². The molecule has 2 amide bonds. The number of anilines is 2. The van der Waals surface area contributed by atoms with Gasteiger partial charge in [0.05, 0.1) is 11.7 Å². The zero-order valence-electron chi connectivity index (χ0n) is 17.9. The van der Waals surface area contributed by atoms with Crippen molar-refractivity contribution in [3.05, 3.63) is 40.7 Å². The van der Waals surface area contributed by atoms with Crippen LogP contribution in [0, 0.1) is 6.92 Å². The number of carbonyl (C=O) groups is 2. The van der Waals surface area contributed by atoms with E-state index < -0.39 is 5.25 Å². The van der Waals surface area contributed by atoms with Gasteiger partial charge in [-0.25, -0.2) is 0 Å². The Hall–Kier alpha value is -2.79. The van der Waals surface area contributed by atoms with Gasteiger partial charge in [0.25, 0.3) is 0 Å². The van der Waals surface area contributed by atoms with Crippen molar-refractivity contribution in [1.29, 1.82) is 0 Å². The van der Waals surface area contributed by atoms with Crippen molar-refractivity contribution in [1.82, 2.24) is 25.0 Å². The molecule has 11 heteroatoms. The maximum atomic E-state index is 12.5. The average molecular weight is 460 g/mol. The number of aromatic nitrogens is 5. The van der Waals surface area contributed by atoms with Gasteiger partial charge >= 0.3 is 0 Å². The largest absolute Gasteiger partial charge is 0.326 e. The lowest BCUT2D eigenvalue weighted by molar-refractivity contribution is -0.116. The van der Waals surface area contributed by atoms with E-state index >= 15 is 0 Å². The van der Waals surface area contributed by atoms with Crippen molar-refractivity contribution in [2.24, 2.45) is 0 Å². The summed E-state index contributed by atoms with van der Waals surface area (Å²) in [5, 5.41) is 23.6. The van der Waals surface area contributed by atoms with Gasteiger partial charge in [-0.3, -0.25) is 14.9 Å². The average Bonchev–Trinajstić information content (AvgIpc) is 3.34. The summed E-state index contributed by atoms with van der Waals surface area (Å²) in [7, 11) is 0. The molecule has 2 heterocycles. The molecule has 0 bridgehead atoms. The third-order valence-electron chi connectivity index (χ3n) is 4.38. The van der Waals surface area contributed by atoms with Crippen LogP contribution in [-0.2, 0) is 29.0 Å². The summed E-state index contributed by atoms with van der Waals surface area (Å²) in [6.45, 7) is 8.29. The Balaban J connectivity index is 1.62. The van der Waals surface area contributed by atoms with Gasteiger partial charge < -0.3 is 9.88 Å². The fourth-order valence-corrected chi connectivity index (χ4v) is 4.41. The second-order valence-corrected chi connectivity index (χ2v) is 9.21. The van der Waals surface area contributed by atoms with E-state index in [-0.39, 0.29) is 18.2 Å². The summed E-state index contributed by atoms with van der Waals surface area (Å²) in [5.41, 5.74) is 1.82. The Labute approximate surface area is 189 Å². The van der Waals surface area contributed by atoms with Crippen LogP contribution < -0.4 is 10.6 Å². The van der Waals surface area contributed by atoms with Crippen LogP contribution in [-0.4, -0.2) is 42.0 Å². The number of nitrogens with one attached hydrogen (secondary N) is 2. The lowest BCUT2D eigenvalue weighted by Gasteiger charge is -2.11. The van der Waals surface area contributed by atoms with Crippen LogP contribution in [0.5, 0.6) is 0 Å². The van der Waals surface area contributed by atoms with E-state index in [1.54, 1.807) is 6.92 Å². The number of amides is 2. The van der Waals surface area contributed by atoms with Gasteiger partial charge in [-0.15, -0.1) is 20.4 Å². The SMILES string of the molecule is CCc1nnc(NC(=O)C(C)Sc2nnc(CC(=O)Nc3cccc(C)c3)n2CC)s1. The van der Waals surface area contributed by atoms with Gasteiger partial charge in [0.15, 0.2) is 5.16 Å². The summed E-state index contributed by atoms with van der Waals surface area (Å²) in [6, 6.07) is 7.62. The summed E-state index contributed by atoms with van der Waals surface area (Å²) in [6.07, 6.45) is 0.873. The Morgan fingerprint density at radius 2 is 1.97 bits per heavy atom. The summed E-state index contributed by atoms with van der Waals surface area (Å²) >= 11 is 2.65. The summed E-state index contributed by atoms with van der Waals surface area (Å²) < 4.78 is 1.85. The highest BCUT2D eigenvalue weighted by Crippen LogP contribution is 2.24. The van der Waals surface area contributed by atoms with Gasteiger partial charge in [-0.05, 0) is 44.9 Å². The minimum absolute atomic E-state index is 0.0977. The van der Waals surface area contributed by atoms with Crippen LogP contribution in [0.1, 0.15) is 37.2 Å². The standard InChI is InChI=1S/C20H25N7O2S2/c1-5-17-24-25-19(31-17)22-18(29)13(4)30-20-26-23-15(27(20)6-2)11-16(28)21-14-9-7-8-12(3)10-14/h7-10,13H,5-6,11H2,1-4H3,(H,21,28)(H,22,25,29). The molecule has 3 rings (SSSR count). The van der Waals surface area contributed by atoms with E-state index in [0.29, 0.717) is 22.7 Å². The molecule has 0 aliphatic rings. The van der Waals surface area contributed by atoms with Crippen molar-refractivity contribution in [3.63, 3.8) is 0 Å². The third-order valence-corrected chi connectivity index (χ3v) is 6.44. The maximum Gasteiger partial charge on any atom is 0.239 e. The zero-order valence-corrected chi connectivity index (χ0v) is 19.5. The molecule has 0 radical (unpaired) electrons. The number of carbonyl (C=O) groups excluding carboxylic acids is 2. The highest BCUT2D eigenvalue weighted by Gasteiger charge is 2.21. The normalized spacial score (nSPS) is 11.9. The van der Waals surface area contributed by atoms with Gasteiger partial charge in [0.1, 0.15) is 10.8 Å². The van der Waals surface area contributed by atoms with E-state index in [1.165, 1.54) is 23.1 Å². The van der Waals surface area contributed by atoms with Crippen molar-refractivity contribution >= 4 is 45.7 Å². The minimum Gasteiger partial charge on any atom is -0.326 e. The Bertz CT molecular complexity index is 1060. The molecule has 2 aromatic heterocycles. The Kier molecular flexibility index (Phi) is 7.75. The molecular formula is C20H25N7O2S2. The first-order valence-electron chi connectivity index (χ1n) is 9.98.